The molecule has 0 fully saturated rings. The van der Waals surface area contributed by atoms with Crippen LogP contribution in [0.4, 0.5) is 4.79 Å². The third-order valence-corrected chi connectivity index (χ3v) is 2.30. The van der Waals surface area contributed by atoms with Crippen LogP contribution in [0.2, 0.25) is 0 Å². The first-order valence-corrected chi connectivity index (χ1v) is 5.64. The normalized spacial score (nSPS) is 10.6. The molecule has 0 saturated carbocycles. The van der Waals surface area contributed by atoms with E-state index in [-0.39, 0.29) is 19.3 Å². The third-order valence-electron chi connectivity index (χ3n) is 2.30. The molecular weight excluding hydrogens is 222 g/mol. The second kappa shape index (κ2) is 6.30. The van der Waals surface area contributed by atoms with Crippen molar-refractivity contribution in [2.45, 2.75) is 33.4 Å². The highest BCUT2D eigenvalue weighted by Gasteiger charge is 2.19. The highest BCUT2D eigenvalue weighted by Crippen LogP contribution is 2.12. The lowest BCUT2D eigenvalue weighted by Crippen LogP contribution is -2.37. The van der Waals surface area contributed by atoms with Gasteiger partial charge in [0.25, 0.3) is 0 Å². The lowest BCUT2D eigenvalue weighted by Gasteiger charge is -2.24. The minimum Gasteiger partial charge on any atom is -0.464 e. The summed E-state index contributed by atoms with van der Waals surface area (Å²) in [5.41, 5.74) is 0. The smallest absolute Gasteiger partial charge is 0.410 e. The molecule has 0 unspecified atom stereocenters. The van der Waals surface area contributed by atoms with Gasteiger partial charge in [0.1, 0.15) is 18.1 Å². The van der Waals surface area contributed by atoms with Gasteiger partial charge in [0.15, 0.2) is 0 Å². The molecule has 0 spiro atoms. The van der Waals surface area contributed by atoms with E-state index in [2.05, 4.69) is 0 Å². The van der Waals surface area contributed by atoms with Crippen molar-refractivity contribution in [1.82, 2.24) is 4.90 Å². The predicted molar refractivity (Wildman–Crippen MR) is 62.6 cm³/mol. The minimum atomic E-state index is -0.442. The first-order chi connectivity index (χ1) is 8.04. The number of hydrogen-bond donors (Lipinski definition) is 1. The first-order valence-electron chi connectivity index (χ1n) is 5.64. The fourth-order valence-corrected chi connectivity index (χ4v) is 1.41. The van der Waals surface area contributed by atoms with E-state index in [4.69, 9.17) is 14.3 Å². The molecule has 0 aliphatic carbocycles. The number of hydrogen-bond acceptors (Lipinski definition) is 4. The molecule has 1 rings (SSSR count). The maximum absolute atomic E-state index is 11.7. The summed E-state index contributed by atoms with van der Waals surface area (Å²) in [4.78, 5) is 13.3. The van der Waals surface area contributed by atoms with Crippen LogP contribution in [0.5, 0.6) is 0 Å². The molecule has 1 heterocycles. The molecule has 1 aromatic rings. The maximum atomic E-state index is 11.7. The van der Waals surface area contributed by atoms with E-state index in [1.807, 2.05) is 32.9 Å². The second-order valence-electron chi connectivity index (χ2n) is 4.07. The summed E-state index contributed by atoms with van der Waals surface area (Å²) >= 11 is 0. The largest absolute Gasteiger partial charge is 0.464 e. The van der Waals surface area contributed by atoms with Gasteiger partial charge in [-0.3, -0.25) is 4.90 Å². The van der Waals surface area contributed by atoms with Crippen LogP contribution >= 0.6 is 0 Å². The van der Waals surface area contributed by atoms with E-state index < -0.39 is 6.09 Å². The van der Waals surface area contributed by atoms with Crippen LogP contribution < -0.4 is 0 Å². The van der Waals surface area contributed by atoms with Crippen LogP contribution in [-0.4, -0.2) is 35.4 Å². The molecule has 96 valence electrons. The molecule has 0 aromatic carbocycles. The number of rotatable bonds is 5. The van der Waals surface area contributed by atoms with Crippen molar-refractivity contribution in [2.75, 3.05) is 13.2 Å². The summed E-state index contributed by atoms with van der Waals surface area (Å²) in [6.07, 6.45) is -0.442. The molecule has 5 nitrogen and oxygen atoms in total. The summed E-state index contributed by atoms with van der Waals surface area (Å²) in [5.74, 6) is 1.53. The zero-order chi connectivity index (χ0) is 12.8. The number of aliphatic hydroxyl groups is 1. The number of nitrogens with zero attached hydrogens (tertiary/aromatic N) is 1. The number of aryl methyl sites for hydroxylation is 1. The Labute approximate surface area is 101 Å². The number of carbonyl (C=O) groups excluding carboxylic acids is 1. The topological polar surface area (TPSA) is 62.9 Å². The highest BCUT2D eigenvalue weighted by molar-refractivity contribution is 5.67. The van der Waals surface area contributed by atoms with Crippen molar-refractivity contribution >= 4 is 6.09 Å². The summed E-state index contributed by atoms with van der Waals surface area (Å²) < 4.78 is 10.3. The molecule has 0 aliphatic heterocycles. The van der Waals surface area contributed by atoms with Crippen molar-refractivity contribution in [2.24, 2.45) is 0 Å². The first kappa shape index (κ1) is 13.6. The number of furan rings is 1. The Kier molecular flexibility index (Phi) is 5.03. The molecule has 5 heteroatoms. The number of amides is 1. The van der Waals surface area contributed by atoms with Gasteiger partial charge in [-0.05, 0) is 32.9 Å². The van der Waals surface area contributed by atoms with Crippen LogP contribution in [0.15, 0.2) is 16.5 Å². The van der Waals surface area contributed by atoms with Crippen LogP contribution in [0.3, 0.4) is 0 Å². The average molecular weight is 241 g/mol. The molecule has 0 bridgehead atoms. The molecule has 0 radical (unpaired) electrons. The second-order valence-corrected chi connectivity index (χ2v) is 4.07. The monoisotopic (exact) mass is 241 g/mol. The highest BCUT2D eigenvalue weighted by atomic mass is 16.6. The van der Waals surface area contributed by atoms with Crippen LogP contribution in [-0.2, 0) is 11.3 Å². The number of ether oxygens (including phenoxy) is 1. The standard InChI is InChI=1S/C12H19NO4/c1-9(2)13(12(15)16-7-6-14)8-11-5-4-10(3)17-11/h4-5,9,14H,6-8H2,1-3H3. The van der Waals surface area contributed by atoms with Crippen LogP contribution in [0.25, 0.3) is 0 Å². The lowest BCUT2D eigenvalue weighted by atomic mass is 10.3. The lowest BCUT2D eigenvalue weighted by molar-refractivity contribution is 0.0706. The SMILES string of the molecule is Cc1ccc(CN(C(=O)OCCO)C(C)C)o1. The van der Waals surface area contributed by atoms with Gasteiger partial charge in [0.05, 0.1) is 13.2 Å². The van der Waals surface area contributed by atoms with Gasteiger partial charge in [0, 0.05) is 6.04 Å². The van der Waals surface area contributed by atoms with Gasteiger partial charge >= 0.3 is 6.09 Å². The van der Waals surface area contributed by atoms with E-state index in [0.717, 1.165) is 11.5 Å². The summed E-state index contributed by atoms with van der Waals surface area (Å²) in [6, 6.07) is 3.70. The predicted octanol–water partition coefficient (Wildman–Crippen LogP) is 1.93. The van der Waals surface area contributed by atoms with Crippen molar-refractivity contribution in [1.29, 1.82) is 0 Å². The van der Waals surface area contributed by atoms with Gasteiger partial charge in [-0.15, -0.1) is 0 Å². The fourth-order valence-electron chi connectivity index (χ4n) is 1.41. The Morgan fingerprint density at radius 2 is 2.24 bits per heavy atom. The van der Waals surface area contributed by atoms with E-state index in [0.29, 0.717) is 6.54 Å². The molecule has 17 heavy (non-hydrogen) atoms. The Bertz CT molecular complexity index is 359. The molecule has 0 saturated heterocycles. The summed E-state index contributed by atoms with van der Waals surface area (Å²) in [5, 5.41) is 8.61. The Morgan fingerprint density at radius 3 is 2.71 bits per heavy atom. The Hall–Kier alpha value is -1.49. The average Bonchev–Trinajstić information content (AvgIpc) is 2.68. The number of carbonyl (C=O) groups is 1. The minimum absolute atomic E-state index is 0.00611. The van der Waals surface area contributed by atoms with E-state index in [9.17, 15) is 4.79 Å². The maximum Gasteiger partial charge on any atom is 0.410 e. The molecule has 0 aliphatic rings. The van der Waals surface area contributed by atoms with Crippen LogP contribution in [0.1, 0.15) is 25.4 Å². The van der Waals surface area contributed by atoms with Crippen molar-refractivity contribution in [3.05, 3.63) is 23.7 Å². The number of aliphatic hydroxyl groups excluding tert-OH is 1. The van der Waals surface area contributed by atoms with E-state index in [1.165, 1.54) is 0 Å². The zero-order valence-electron chi connectivity index (χ0n) is 10.5. The molecular formula is C12H19NO4. The van der Waals surface area contributed by atoms with Crippen molar-refractivity contribution in [3.63, 3.8) is 0 Å². The zero-order valence-corrected chi connectivity index (χ0v) is 10.5. The van der Waals surface area contributed by atoms with E-state index >= 15 is 0 Å². The fraction of sp³-hybridized carbons (Fsp3) is 0.583. The van der Waals surface area contributed by atoms with Gasteiger partial charge in [-0.1, -0.05) is 0 Å². The summed E-state index contributed by atoms with van der Waals surface area (Å²) in [7, 11) is 0. The van der Waals surface area contributed by atoms with Crippen molar-refractivity contribution < 1.29 is 19.1 Å². The molecule has 1 amide bonds. The van der Waals surface area contributed by atoms with Gasteiger partial charge in [-0.25, -0.2) is 4.79 Å². The van der Waals surface area contributed by atoms with Gasteiger partial charge < -0.3 is 14.3 Å². The Balaban J connectivity index is 2.63. The summed E-state index contributed by atoms with van der Waals surface area (Å²) in [6.45, 7) is 5.87. The Morgan fingerprint density at radius 1 is 1.53 bits per heavy atom. The van der Waals surface area contributed by atoms with E-state index in [1.54, 1.807) is 4.90 Å². The quantitative estimate of drug-likeness (QED) is 0.855. The molecule has 1 aromatic heterocycles. The van der Waals surface area contributed by atoms with Crippen LogP contribution in [0, 0.1) is 6.92 Å². The van der Waals surface area contributed by atoms with Crippen molar-refractivity contribution in [3.8, 4) is 0 Å². The third kappa shape index (κ3) is 4.11. The molecule has 1 N–H and O–H groups in total. The molecule has 0 atom stereocenters. The van der Waals surface area contributed by atoms with Gasteiger partial charge in [-0.2, -0.15) is 0 Å². The van der Waals surface area contributed by atoms with Gasteiger partial charge in [0.2, 0.25) is 0 Å².